The second-order valence-electron chi connectivity index (χ2n) is 6.39. The predicted octanol–water partition coefficient (Wildman–Crippen LogP) is 3.99. The van der Waals surface area contributed by atoms with E-state index in [0.717, 1.165) is 21.9 Å². The summed E-state index contributed by atoms with van der Waals surface area (Å²) in [7, 11) is 1.60. The van der Waals surface area contributed by atoms with Crippen molar-refractivity contribution >= 4 is 23.2 Å². The molecule has 2 aromatic carbocycles. The van der Waals surface area contributed by atoms with Gasteiger partial charge in [0.25, 0.3) is 5.91 Å². The molecule has 0 unspecified atom stereocenters. The maximum atomic E-state index is 12.7. The van der Waals surface area contributed by atoms with Crippen molar-refractivity contribution in [1.82, 2.24) is 10.3 Å². The summed E-state index contributed by atoms with van der Waals surface area (Å²) >= 11 is 1.26. The summed E-state index contributed by atoms with van der Waals surface area (Å²) in [6, 6.07) is 16.8. The Labute approximate surface area is 173 Å². The number of methoxy groups -OCH3 is 1. The minimum Gasteiger partial charge on any atom is -0.497 e. The van der Waals surface area contributed by atoms with E-state index in [1.807, 2.05) is 61.5 Å². The number of thiazole rings is 1. The zero-order valence-corrected chi connectivity index (χ0v) is 17.3. The molecule has 6 nitrogen and oxygen atoms in total. The summed E-state index contributed by atoms with van der Waals surface area (Å²) in [5, 5.41) is 3.53. The molecule has 150 valence electrons. The maximum Gasteiger partial charge on any atom is 0.351 e. The van der Waals surface area contributed by atoms with Crippen molar-refractivity contribution in [3.05, 3.63) is 70.0 Å². The summed E-state index contributed by atoms with van der Waals surface area (Å²) in [5.74, 6) is -0.172. The van der Waals surface area contributed by atoms with Gasteiger partial charge in [0.05, 0.1) is 17.8 Å². The molecule has 3 rings (SSSR count). The van der Waals surface area contributed by atoms with Crippen LogP contribution in [0.5, 0.6) is 5.75 Å². The van der Waals surface area contributed by atoms with Gasteiger partial charge in [-0.05, 0) is 31.5 Å². The first-order chi connectivity index (χ1) is 14.0. The quantitative estimate of drug-likeness (QED) is 0.596. The van der Waals surface area contributed by atoms with Crippen molar-refractivity contribution in [1.29, 1.82) is 0 Å². The standard InChI is InChI=1S/C22H22N2O4S/c1-14(21(25)23-13-16-9-11-18(27-3)12-10-16)28-22(26)20-19(24-15(2)29-20)17-7-5-4-6-8-17/h4-12,14H,13H2,1-3H3,(H,23,25)/t14-/m0/s1. The number of hydrogen-bond donors (Lipinski definition) is 1. The van der Waals surface area contributed by atoms with Gasteiger partial charge in [-0.25, -0.2) is 9.78 Å². The molecular formula is C22H22N2O4S. The van der Waals surface area contributed by atoms with E-state index in [1.54, 1.807) is 14.0 Å². The zero-order valence-electron chi connectivity index (χ0n) is 16.5. The molecule has 0 aliphatic heterocycles. The second kappa shape index (κ2) is 9.34. The highest BCUT2D eigenvalue weighted by atomic mass is 32.1. The van der Waals surface area contributed by atoms with Crippen LogP contribution in [0.1, 0.15) is 27.2 Å². The number of amides is 1. The highest BCUT2D eigenvalue weighted by Crippen LogP contribution is 2.28. The van der Waals surface area contributed by atoms with E-state index in [0.29, 0.717) is 17.1 Å². The molecule has 0 saturated heterocycles. The molecule has 7 heteroatoms. The average molecular weight is 410 g/mol. The molecule has 1 heterocycles. The minimum atomic E-state index is -0.924. The van der Waals surface area contributed by atoms with Gasteiger partial charge in [-0.2, -0.15) is 0 Å². The van der Waals surface area contributed by atoms with Crippen LogP contribution in [0.25, 0.3) is 11.3 Å². The van der Waals surface area contributed by atoms with E-state index in [-0.39, 0.29) is 5.91 Å². The normalized spacial score (nSPS) is 11.6. The Hall–Kier alpha value is -3.19. The smallest absolute Gasteiger partial charge is 0.351 e. The average Bonchev–Trinajstić information content (AvgIpc) is 3.14. The third kappa shape index (κ3) is 5.20. The number of carbonyl (C=O) groups excluding carboxylic acids is 2. The molecule has 1 amide bonds. The Balaban J connectivity index is 1.62. The maximum absolute atomic E-state index is 12.7. The highest BCUT2D eigenvalue weighted by molar-refractivity contribution is 7.14. The summed E-state index contributed by atoms with van der Waals surface area (Å²) in [6.07, 6.45) is -0.924. The lowest BCUT2D eigenvalue weighted by atomic mass is 10.1. The monoisotopic (exact) mass is 410 g/mol. The molecule has 0 bridgehead atoms. The van der Waals surface area contributed by atoms with Gasteiger partial charge in [0.1, 0.15) is 10.6 Å². The number of hydrogen-bond acceptors (Lipinski definition) is 6. The summed E-state index contributed by atoms with van der Waals surface area (Å²) < 4.78 is 10.5. The number of esters is 1. The molecule has 3 aromatic rings. The first kappa shape index (κ1) is 20.5. The molecule has 0 radical (unpaired) electrons. The Morgan fingerprint density at radius 3 is 2.45 bits per heavy atom. The Kier molecular flexibility index (Phi) is 6.61. The van der Waals surface area contributed by atoms with E-state index in [9.17, 15) is 9.59 Å². The van der Waals surface area contributed by atoms with Gasteiger partial charge in [-0.3, -0.25) is 4.79 Å². The van der Waals surface area contributed by atoms with Crippen molar-refractivity contribution < 1.29 is 19.1 Å². The fourth-order valence-electron chi connectivity index (χ4n) is 2.70. The van der Waals surface area contributed by atoms with E-state index < -0.39 is 12.1 Å². The topological polar surface area (TPSA) is 77.5 Å². The van der Waals surface area contributed by atoms with Crippen LogP contribution in [-0.4, -0.2) is 30.1 Å². The van der Waals surface area contributed by atoms with Gasteiger partial charge in [0, 0.05) is 12.1 Å². The van der Waals surface area contributed by atoms with Gasteiger partial charge < -0.3 is 14.8 Å². The lowest BCUT2D eigenvalue weighted by Crippen LogP contribution is -2.35. The third-order valence-electron chi connectivity index (χ3n) is 4.25. The predicted molar refractivity (Wildman–Crippen MR) is 112 cm³/mol. The van der Waals surface area contributed by atoms with E-state index in [4.69, 9.17) is 9.47 Å². The number of aryl methyl sites for hydroxylation is 1. The SMILES string of the molecule is COc1ccc(CNC(=O)[C@H](C)OC(=O)c2sc(C)nc2-c2ccccc2)cc1. The summed E-state index contributed by atoms with van der Waals surface area (Å²) in [5.41, 5.74) is 2.33. The molecule has 0 spiro atoms. The van der Waals surface area contributed by atoms with Crippen LogP contribution < -0.4 is 10.1 Å². The van der Waals surface area contributed by atoms with Crippen molar-refractivity contribution in [2.45, 2.75) is 26.5 Å². The molecule has 1 aromatic heterocycles. The second-order valence-corrected chi connectivity index (χ2v) is 7.59. The number of nitrogens with zero attached hydrogens (tertiary/aromatic N) is 1. The summed E-state index contributed by atoms with van der Waals surface area (Å²) in [4.78, 5) is 29.9. The van der Waals surface area contributed by atoms with Crippen LogP contribution in [0.2, 0.25) is 0 Å². The molecule has 0 saturated carbocycles. The minimum absolute atomic E-state index is 0.333. The lowest BCUT2D eigenvalue weighted by Gasteiger charge is -2.13. The number of carbonyl (C=O) groups is 2. The molecule has 29 heavy (non-hydrogen) atoms. The molecule has 0 aliphatic rings. The third-order valence-corrected chi connectivity index (χ3v) is 5.20. The first-order valence-corrected chi connectivity index (χ1v) is 9.94. The first-order valence-electron chi connectivity index (χ1n) is 9.12. The molecular weight excluding hydrogens is 388 g/mol. The van der Waals surface area contributed by atoms with Gasteiger partial charge >= 0.3 is 5.97 Å². The number of benzene rings is 2. The van der Waals surface area contributed by atoms with Crippen LogP contribution in [-0.2, 0) is 16.1 Å². The van der Waals surface area contributed by atoms with E-state index >= 15 is 0 Å². The Morgan fingerprint density at radius 1 is 1.10 bits per heavy atom. The molecule has 1 atom stereocenters. The van der Waals surface area contributed by atoms with Crippen LogP contribution in [0.4, 0.5) is 0 Å². The Bertz CT molecular complexity index is 984. The van der Waals surface area contributed by atoms with Crippen molar-refractivity contribution in [2.75, 3.05) is 7.11 Å². The molecule has 0 aliphatic carbocycles. The van der Waals surface area contributed by atoms with Crippen molar-refractivity contribution in [3.8, 4) is 17.0 Å². The van der Waals surface area contributed by atoms with Crippen LogP contribution in [0, 0.1) is 6.92 Å². The highest BCUT2D eigenvalue weighted by Gasteiger charge is 2.24. The lowest BCUT2D eigenvalue weighted by molar-refractivity contribution is -0.129. The number of aromatic nitrogens is 1. The van der Waals surface area contributed by atoms with Crippen LogP contribution in [0.3, 0.4) is 0 Å². The fraction of sp³-hybridized carbons (Fsp3) is 0.227. The fourth-order valence-corrected chi connectivity index (χ4v) is 3.52. The number of ether oxygens (including phenoxy) is 2. The summed E-state index contributed by atoms with van der Waals surface area (Å²) in [6.45, 7) is 3.72. The van der Waals surface area contributed by atoms with Gasteiger partial charge in [0.15, 0.2) is 6.10 Å². The van der Waals surface area contributed by atoms with E-state index in [1.165, 1.54) is 11.3 Å². The van der Waals surface area contributed by atoms with Gasteiger partial charge in [-0.15, -0.1) is 11.3 Å². The van der Waals surface area contributed by atoms with Gasteiger partial charge in [-0.1, -0.05) is 42.5 Å². The van der Waals surface area contributed by atoms with Crippen LogP contribution >= 0.6 is 11.3 Å². The molecule has 0 fully saturated rings. The van der Waals surface area contributed by atoms with Crippen LogP contribution in [0.15, 0.2) is 54.6 Å². The van der Waals surface area contributed by atoms with Crippen molar-refractivity contribution in [2.24, 2.45) is 0 Å². The van der Waals surface area contributed by atoms with E-state index in [2.05, 4.69) is 10.3 Å². The molecule has 1 N–H and O–H groups in total. The Morgan fingerprint density at radius 2 is 1.79 bits per heavy atom. The number of nitrogens with one attached hydrogen (secondary N) is 1. The van der Waals surface area contributed by atoms with Gasteiger partial charge in [0.2, 0.25) is 0 Å². The largest absolute Gasteiger partial charge is 0.497 e. The zero-order chi connectivity index (χ0) is 20.8. The van der Waals surface area contributed by atoms with Crippen molar-refractivity contribution in [3.63, 3.8) is 0 Å². The number of rotatable bonds is 7.